The van der Waals surface area contributed by atoms with Gasteiger partial charge in [-0.2, -0.15) is 0 Å². The molecule has 0 unspecified atom stereocenters. The first-order chi connectivity index (χ1) is 8.16. The summed E-state index contributed by atoms with van der Waals surface area (Å²) in [7, 11) is 0. The number of likely N-dealkylation sites (tertiary alicyclic amines) is 1. The van der Waals surface area contributed by atoms with Gasteiger partial charge in [0, 0.05) is 25.1 Å². The average molecular weight is 235 g/mol. The van der Waals surface area contributed by atoms with Crippen LogP contribution in [0.4, 0.5) is 8.78 Å². The van der Waals surface area contributed by atoms with E-state index in [1.165, 1.54) is 0 Å². The summed E-state index contributed by atoms with van der Waals surface area (Å²) in [6.07, 6.45) is 2.11. The van der Waals surface area contributed by atoms with E-state index in [0.717, 1.165) is 44.1 Å². The molecule has 0 atom stereocenters. The maximum absolute atomic E-state index is 13.3. The van der Waals surface area contributed by atoms with Gasteiger partial charge in [0.25, 0.3) is 0 Å². The Balaban J connectivity index is 2.16. The molecule has 2 nitrogen and oxygen atoms in total. The number of benzene rings is 1. The Bertz CT molecular complexity index is 496. The lowest BCUT2D eigenvalue weighted by Gasteiger charge is -2.05. The highest BCUT2D eigenvalue weighted by Crippen LogP contribution is 2.10. The Morgan fingerprint density at radius 2 is 1.94 bits per heavy atom. The molecule has 1 aromatic rings. The Morgan fingerprint density at radius 3 is 2.65 bits per heavy atom. The van der Waals surface area contributed by atoms with E-state index >= 15 is 0 Å². The van der Waals surface area contributed by atoms with Gasteiger partial charge in [-0.1, -0.05) is 0 Å². The summed E-state index contributed by atoms with van der Waals surface area (Å²) in [6.45, 7) is 1.65. The molecule has 17 heavy (non-hydrogen) atoms. The minimum absolute atomic E-state index is 0.309. The fourth-order valence-corrected chi connectivity index (χ4v) is 1.70. The summed E-state index contributed by atoms with van der Waals surface area (Å²) in [5.74, 6) is 0.269. The second-order valence-corrected chi connectivity index (χ2v) is 3.88. The fraction of sp³-hybridized carbons (Fsp3) is 0.308. The number of halogens is 2. The standard InChI is InChI=1S/C13H11F2NO/c14-10-3-4-12(15)11(9-10)13(17)5-8-16-6-1-2-7-16/h3-4,9H,1-2,6-7H2. The molecule has 0 N–H and O–H groups in total. The lowest BCUT2D eigenvalue weighted by Crippen LogP contribution is -2.12. The average Bonchev–Trinajstić information content (AvgIpc) is 2.82. The van der Waals surface area contributed by atoms with Crippen LogP contribution in [-0.4, -0.2) is 23.8 Å². The summed E-state index contributed by atoms with van der Waals surface area (Å²) in [4.78, 5) is 13.4. The molecule has 0 aliphatic carbocycles. The Kier molecular flexibility index (Phi) is 3.38. The molecule has 1 aromatic carbocycles. The Morgan fingerprint density at radius 1 is 1.24 bits per heavy atom. The summed E-state index contributed by atoms with van der Waals surface area (Å²) in [6, 6.07) is 5.45. The third kappa shape index (κ3) is 2.82. The zero-order valence-corrected chi connectivity index (χ0v) is 9.17. The van der Waals surface area contributed by atoms with Gasteiger partial charge in [0.15, 0.2) is 0 Å². The molecule has 0 saturated carbocycles. The number of rotatable bonds is 1. The van der Waals surface area contributed by atoms with Crippen LogP contribution >= 0.6 is 0 Å². The molecule has 1 fully saturated rings. The highest BCUT2D eigenvalue weighted by molar-refractivity contribution is 6.09. The second kappa shape index (κ2) is 4.96. The van der Waals surface area contributed by atoms with E-state index in [1.54, 1.807) is 0 Å². The lowest BCUT2D eigenvalue weighted by molar-refractivity contribution is 0.105. The van der Waals surface area contributed by atoms with Gasteiger partial charge in [0.2, 0.25) is 5.78 Å². The number of nitrogens with zero attached hydrogens (tertiary/aromatic N) is 1. The SMILES string of the molecule is O=C(C#CN1CCCC1)c1cc(F)ccc1F. The van der Waals surface area contributed by atoms with Crippen molar-refractivity contribution >= 4 is 5.78 Å². The van der Waals surface area contributed by atoms with Crippen LogP contribution in [0.1, 0.15) is 23.2 Å². The number of ketones is 1. The van der Waals surface area contributed by atoms with Crippen molar-refractivity contribution in [3.8, 4) is 12.0 Å². The quantitative estimate of drug-likeness (QED) is 0.549. The van der Waals surface area contributed by atoms with Crippen LogP contribution in [0.3, 0.4) is 0 Å². The fourth-order valence-electron chi connectivity index (χ4n) is 1.70. The van der Waals surface area contributed by atoms with Crippen molar-refractivity contribution in [1.29, 1.82) is 0 Å². The maximum atomic E-state index is 13.3. The zero-order valence-electron chi connectivity index (χ0n) is 9.17. The number of carbonyl (C=O) groups excluding carboxylic acids is 1. The van der Waals surface area contributed by atoms with E-state index in [9.17, 15) is 13.6 Å². The van der Waals surface area contributed by atoms with Gasteiger partial charge in [0.05, 0.1) is 5.56 Å². The van der Waals surface area contributed by atoms with Crippen molar-refractivity contribution in [3.05, 3.63) is 35.4 Å². The predicted molar refractivity (Wildman–Crippen MR) is 59.3 cm³/mol. The number of hydrogen-bond donors (Lipinski definition) is 0. The maximum Gasteiger partial charge on any atom is 0.240 e. The van der Waals surface area contributed by atoms with Crippen molar-refractivity contribution in [2.24, 2.45) is 0 Å². The van der Waals surface area contributed by atoms with Crippen LogP contribution in [0.25, 0.3) is 0 Å². The van der Waals surface area contributed by atoms with E-state index in [0.29, 0.717) is 0 Å². The van der Waals surface area contributed by atoms with Crippen molar-refractivity contribution in [2.75, 3.05) is 13.1 Å². The molecule has 0 radical (unpaired) electrons. The molecule has 1 aliphatic heterocycles. The third-order valence-corrected chi connectivity index (χ3v) is 2.61. The first kappa shape index (κ1) is 11.6. The summed E-state index contributed by atoms with van der Waals surface area (Å²) in [5.41, 5.74) is -0.309. The normalized spacial score (nSPS) is 14.4. The van der Waals surface area contributed by atoms with Crippen LogP contribution < -0.4 is 0 Å². The monoisotopic (exact) mass is 235 g/mol. The predicted octanol–water partition coefficient (Wildman–Crippen LogP) is 2.20. The molecule has 4 heteroatoms. The highest BCUT2D eigenvalue weighted by Gasteiger charge is 2.11. The minimum atomic E-state index is -0.743. The van der Waals surface area contributed by atoms with Crippen molar-refractivity contribution in [3.63, 3.8) is 0 Å². The zero-order chi connectivity index (χ0) is 12.3. The molecule has 0 amide bonds. The van der Waals surface area contributed by atoms with Crippen LogP contribution in [-0.2, 0) is 0 Å². The van der Waals surface area contributed by atoms with E-state index < -0.39 is 17.4 Å². The van der Waals surface area contributed by atoms with Crippen LogP contribution in [0, 0.1) is 23.6 Å². The van der Waals surface area contributed by atoms with Crippen LogP contribution in [0.2, 0.25) is 0 Å². The van der Waals surface area contributed by atoms with Gasteiger partial charge in [-0.3, -0.25) is 4.79 Å². The van der Waals surface area contributed by atoms with Gasteiger partial charge in [-0.25, -0.2) is 8.78 Å². The van der Waals surface area contributed by atoms with Gasteiger partial charge in [0.1, 0.15) is 11.6 Å². The topological polar surface area (TPSA) is 20.3 Å². The third-order valence-electron chi connectivity index (χ3n) is 2.61. The number of hydrogen-bond acceptors (Lipinski definition) is 2. The van der Waals surface area contributed by atoms with Crippen LogP contribution in [0.15, 0.2) is 18.2 Å². The lowest BCUT2D eigenvalue weighted by atomic mass is 10.1. The van der Waals surface area contributed by atoms with Gasteiger partial charge in [-0.05, 0) is 31.0 Å². The molecule has 1 heterocycles. The van der Waals surface area contributed by atoms with Crippen molar-refractivity contribution in [2.45, 2.75) is 12.8 Å². The summed E-state index contributed by atoms with van der Waals surface area (Å²) < 4.78 is 26.1. The van der Waals surface area contributed by atoms with Gasteiger partial charge >= 0.3 is 0 Å². The molecular weight excluding hydrogens is 224 g/mol. The molecular formula is C13H11F2NO. The second-order valence-electron chi connectivity index (χ2n) is 3.88. The molecule has 0 spiro atoms. The number of carbonyl (C=O) groups is 1. The molecule has 88 valence electrons. The van der Waals surface area contributed by atoms with Gasteiger partial charge < -0.3 is 4.90 Å². The van der Waals surface area contributed by atoms with E-state index in [1.807, 2.05) is 4.90 Å². The van der Waals surface area contributed by atoms with E-state index in [-0.39, 0.29) is 5.56 Å². The van der Waals surface area contributed by atoms with Crippen LogP contribution in [0.5, 0.6) is 0 Å². The first-order valence-corrected chi connectivity index (χ1v) is 5.43. The highest BCUT2D eigenvalue weighted by atomic mass is 19.1. The minimum Gasteiger partial charge on any atom is -0.332 e. The van der Waals surface area contributed by atoms with Crippen molar-refractivity contribution < 1.29 is 13.6 Å². The number of Topliss-reactive ketones (excluding diaryl/α,β-unsaturated/α-hetero) is 1. The molecule has 0 aromatic heterocycles. The molecule has 1 saturated heterocycles. The van der Waals surface area contributed by atoms with E-state index in [4.69, 9.17) is 0 Å². The summed E-state index contributed by atoms with van der Waals surface area (Å²) >= 11 is 0. The molecule has 1 aliphatic rings. The first-order valence-electron chi connectivity index (χ1n) is 5.43. The Hall–Kier alpha value is -1.89. The molecule has 2 rings (SSSR count). The van der Waals surface area contributed by atoms with Crippen molar-refractivity contribution in [1.82, 2.24) is 4.90 Å². The van der Waals surface area contributed by atoms with E-state index in [2.05, 4.69) is 12.0 Å². The smallest absolute Gasteiger partial charge is 0.240 e. The largest absolute Gasteiger partial charge is 0.332 e. The summed E-state index contributed by atoms with van der Waals surface area (Å²) in [5, 5.41) is 0. The van der Waals surface area contributed by atoms with Gasteiger partial charge in [-0.15, -0.1) is 0 Å². The Labute approximate surface area is 98.2 Å². The molecule has 0 bridgehead atoms.